The number of likely N-dealkylation sites (tertiary alicyclic amines) is 1. The molecule has 2 amide bonds. The van der Waals surface area contributed by atoms with Gasteiger partial charge in [-0.1, -0.05) is 25.3 Å². The maximum absolute atomic E-state index is 13.4. The van der Waals surface area contributed by atoms with E-state index in [9.17, 15) is 9.59 Å². The first-order valence-electron chi connectivity index (χ1n) is 10.5. The monoisotopic (exact) mass is 376 g/mol. The Morgan fingerprint density at radius 2 is 1.70 bits per heavy atom. The number of carbonyl (C=O) groups excluding carboxylic acids is 2. The fraction of sp³-hybridized carbons (Fsp3) is 0.818. The van der Waals surface area contributed by atoms with E-state index in [0.717, 1.165) is 12.8 Å². The second-order valence-corrected chi connectivity index (χ2v) is 9.95. The number of rotatable bonds is 3. The zero-order chi connectivity index (χ0) is 20.0. The van der Waals surface area contributed by atoms with Crippen LogP contribution in [0.2, 0.25) is 0 Å². The molecule has 0 N–H and O–H groups in total. The van der Waals surface area contributed by atoms with Crippen LogP contribution in [0, 0.1) is 5.92 Å². The first-order valence-corrected chi connectivity index (χ1v) is 10.5. The summed E-state index contributed by atoms with van der Waals surface area (Å²) in [5, 5.41) is 0. The van der Waals surface area contributed by atoms with Crippen molar-refractivity contribution in [2.24, 2.45) is 5.92 Å². The van der Waals surface area contributed by atoms with Crippen LogP contribution in [0.15, 0.2) is 12.7 Å². The standard InChI is InChI=1S/C22H36N2O3/c1-7-13-23-19(26)18(17-11-9-8-10-12-17)27-22(23)14-20(3,4)24(16(2)25)21(5,6)15-22/h7,17-18H,1,8-15H2,2-6H3. The van der Waals surface area contributed by atoms with Crippen LogP contribution in [-0.4, -0.2) is 51.1 Å². The third-order valence-electron chi connectivity index (χ3n) is 6.68. The van der Waals surface area contributed by atoms with E-state index in [4.69, 9.17) is 4.74 Å². The van der Waals surface area contributed by atoms with Crippen LogP contribution < -0.4 is 0 Å². The fourth-order valence-electron chi connectivity index (χ4n) is 6.34. The molecule has 2 aliphatic heterocycles. The molecule has 0 aromatic rings. The molecular formula is C22H36N2O3. The highest BCUT2D eigenvalue weighted by Crippen LogP contribution is 2.51. The Kier molecular flexibility index (Phi) is 5.21. The van der Waals surface area contributed by atoms with Gasteiger partial charge in [-0.25, -0.2) is 0 Å². The molecule has 2 saturated heterocycles. The van der Waals surface area contributed by atoms with Gasteiger partial charge in [-0.15, -0.1) is 6.58 Å². The minimum atomic E-state index is -0.660. The molecule has 5 nitrogen and oxygen atoms in total. The van der Waals surface area contributed by atoms with Gasteiger partial charge in [0.05, 0.1) is 0 Å². The average Bonchev–Trinajstić information content (AvgIpc) is 2.78. The maximum Gasteiger partial charge on any atom is 0.254 e. The molecule has 5 heteroatoms. The molecule has 3 aliphatic rings. The molecule has 27 heavy (non-hydrogen) atoms. The second kappa shape index (κ2) is 6.91. The Hall–Kier alpha value is -1.36. The fourth-order valence-corrected chi connectivity index (χ4v) is 6.34. The highest BCUT2D eigenvalue weighted by atomic mass is 16.6. The normalized spacial score (nSPS) is 30.0. The van der Waals surface area contributed by atoms with Gasteiger partial charge in [-0.2, -0.15) is 0 Å². The summed E-state index contributed by atoms with van der Waals surface area (Å²) in [5.41, 5.74) is -1.45. The molecule has 1 spiro atoms. The molecule has 0 bridgehead atoms. The highest BCUT2D eigenvalue weighted by molar-refractivity contribution is 5.84. The maximum atomic E-state index is 13.4. The van der Waals surface area contributed by atoms with Gasteiger partial charge in [0.15, 0.2) is 0 Å². The molecule has 3 fully saturated rings. The van der Waals surface area contributed by atoms with Crippen LogP contribution in [0.5, 0.6) is 0 Å². The van der Waals surface area contributed by atoms with Gasteiger partial charge in [0, 0.05) is 37.4 Å². The quantitative estimate of drug-likeness (QED) is 0.703. The molecular weight excluding hydrogens is 340 g/mol. The van der Waals surface area contributed by atoms with Crippen LogP contribution >= 0.6 is 0 Å². The van der Waals surface area contributed by atoms with E-state index in [1.807, 2.05) is 9.80 Å². The minimum Gasteiger partial charge on any atom is -0.342 e. The summed E-state index contributed by atoms with van der Waals surface area (Å²) in [6, 6.07) is 0. The highest BCUT2D eigenvalue weighted by Gasteiger charge is 2.62. The van der Waals surface area contributed by atoms with Crippen molar-refractivity contribution in [1.29, 1.82) is 0 Å². The number of nitrogens with zero attached hydrogens (tertiary/aromatic N) is 2. The van der Waals surface area contributed by atoms with Gasteiger partial charge in [0.2, 0.25) is 5.91 Å². The summed E-state index contributed by atoms with van der Waals surface area (Å²) in [6.45, 7) is 14.4. The molecule has 3 rings (SSSR count). The summed E-state index contributed by atoms with van der Waals surface area (Å²) in [7, 11) is 0. The second-order valence-electron chi connectivity index (χ2n) is 9.95. The largest absolute Gasteiger partial charge is 0.342 e. The van der Waals surface area contributed by atoms with Crippen molar-refractivity contribution in [3.05, 3.63) is 12.7 Å². The lowest BCUT2D eigenvalue weighted by atomic mass is 9.74. The zero-order valence-corrected chi connectivity index (χ0v) is 17.7. The lowest BCUT2D eigenvalue weighted by Crippen LogP contribution is -2.69. The molecule has 1 saturated carbocycles. The van der Waals surface area contributed by atoms with Crippen molar-refractivity contribution in [3.63, 3.8) is 0 Å². The van der Waals surface area contributed by atoms with Gasteiger partial charge in [-0.05, 0) is 46.5 Å². The van der Waals surface area contributed by atoms with Crippen LogP contribution in [0.3, 0.4) is 0 Å². The van der Waals surface area contributed by atoms with Gasteiger partial charge in [0.1, 0.15) is 11.8 Å². The predicted octanol–water partition coefficient (Wildman–Crippen LogP) is 3.88. The topological polar surface area (TPSA) is 49.9 Å². The van der Waals surface area contributed by atoms with E-state index in [-0.39, 0.29) is 17.9 Å². The Labute approximate surface area is 164 Å². The van der Waals surface area contributed by atoms with Crippen molar-refractivity contribution in [2.75, 3.05) is 6.54 Å². The Morgan fingerprint density at radius 3 is 2.19 bits per heavy atom. The Balaban J connectivity index is 1.97. The zero-order valence-electron chi connectivity index (χ0n) is 17.7. The number of hydrogen-bond donors (Lipinski definition) is 0. The third kappa shape index (κ3) is 3.43. The van der Waals surface area contributed by atoms with Crippen LogP contribution in [-0.2, 0) is 14.3 Å². The summed E-state index contributed by atoms with van der Waals surface area (Å²) in [4.78, 5) is 29.7. The Bertz CT molecular complexity index is 601. The molecule has 0 radical (unpaired) electrons. The smallest absolute Gasteiger partial charge is 0.254 e. The van der Waals surface area contributed by atoms with Gasteiger partial charge in [-0.3, -0.25) is 9.59 Å². The van der Waals surface area contributed by atoms with E-state index in [1.165, 1.54) is 19.3 Å². The molecule has 0 aromatic heterocycles. The van der Waals surface area contributed by atoms with Gasteiger partial charge in [0.25, 0.3) is 5.91 Å². The first kappa shape index (κ1) is 20.4. The first-order chi connectivity index (χ1) is 12.5. The number of hydrogen-bond acceptors (Lipinski definition) is 3. The summed E-state index contributed by atoms with van der Waals surface area (Å²) >= 11 is 0. The lowest BCUT2D eigenvalue weighted by Gasteiger charge is -2.59. The third-order valence-corrected chi connectivity index (χ3v) is 6.68. The van der Waals surface area contributed by atoms with Gasteiger partial charge >= 0.3 is 0 Å². The van der Waals surface area contributed by atoms with Crippen LogP contribution in [0.4, 0.5) is 0 Å². The average molecular weight is 377 g/mol. The van der Waals surface area contributed by atoms with E-state index < -0.39 is 16.8 Å². The predicted molar refractivity (Wildman–Crippen MR) is 106 cm³/mol. The molecule has 1 unspecified atom stereocenters. The number of piperidine rings is 1. The van der Waals surface area contributed by atoms with Crippen LogP contribution in [0.25, 0.3) is 0 Å². The molecule has 2 heterocycles. The summed E-state index contributed by atoms with van der Waals surface area (Å²) < 4.78 is 6.70. The van der Waals surface area contributed by atoms with Crippen LogP contribution in [0.1, 0.15) is 79.6 Å². The molecule has 152 valence electrons. The van der Waals surface area contributed by atoms with Gasteiger partial charge < -0.3 is 14.5 Å². The van der Waals surface area contributed by atoms with Crippen molar-refractivity contribution in [1.82, 2.24) is 9.80 Å². The minimum absolute atomic E-state index is 0.0725. The van der Waals surface area contributed by atoms with E-state index >= 15 is 0 Å². The number of amides is 2. The van der Waals surface area contributed by atoms with Crippen molar-refractivity contribution >= 4 is 11.8 Å². The number of carbonyl (C=O) groups is 2. The van der Waals surface area contributed by atoms with E-state index in [1.54, 1.807) is 13.0 Å². The summed E-state index contributed by atoms with van der Waals surface area (Å²) in [6.07, 6.45) is 8.47. The summed E-state index contributed by atoms with van der Waals surface area (Å²) in [5.74, 6) is 0.503. The van der Waals surface area contributed by atoms with E-state index in [2.05, 4.69) is 34.3 Å². The van der Waals surface area contributed by atoms with Crippen molar-refractivity contribution < 1.29 is 14.3 Å². The molecule has 0 aromatic carbocycles. The SMILES string of the molecule is C=CCN1C(=O)C(C2CCCCC2)OC12CC(C)(C)N(C(C)=O)C(C)(C)C2. The lowest BCUT2D eigenvalue weighted by molar-refractivity contribution is -0.206. The van der Waals surface area contributed by atoms with Crippen molar-refractivity contribution in [3.8, 4) is 0 Å². The molecule has 1 aliphatic carbocycles. The Morgan fingerprint density at radius 1 is 1.15 bits per heavy atom. The van der Waals surface area contributed by atoms with E-state index in [0.29, 0.717) is 25.3 Å². The van der Waals surface area contributed by atoms with Crippen molar-refractivity contribution in [2.45, 2.75) is 102 Å². The number of ether oxygens (including phenoxy) is 1. The molecule has 1 atom stereocenters.